The molecule has 1 atom stereocenters. The fraction of sp³-hybridized carbons (Fsp3) is 0.278. The summed E-state index contributed by atoms with van der Waals surface area (Å²) in [5, 5.41) is 0. The smallest absolute Gasteiger partial charge is 0.870 e. The molecule has 24 heavy (non-hydrogen) atoms. The molecule has 0 bridgehead atoms. The van der Waals surface area contributed by atoms with E-state index in [4.69, 9.17) is 0 Å². The van der Waals surface area contributed by atoms with Crippen LogP contribution in [0.5, 0.6) is 0 Å². The van der Waals surface area contributed by atoms with Gasteiger partial charge >= 0.3 is 68.9 Å². The average Bonchev–Trinajstić information content (AvgIpc) is 2.78. The van der Waals surface area contributed by atoms with Crippen LogP contribution >= 0.6 is 0 Å². The number of hydrogen-bond donors (Lipinski definition) is 0. The molecule has 122 valence electrons. The van der Waals surface area contributed by atoms with E-state index in [1.807, 2.05) is 38.6 Å². The molecule has 1 aliphatic rings. The maximum atomic E-state index is 10.9. The zero-order chi connectivity index (χ0) is 15.9. The van der Waals surface area contributed by atoms with Gasteiger partial charge in [-0.1, -0.05) is 18.2 Å². The van der Waals surface area contributed by atoms with Gasteiger partial charge in [0.05, 0.1) is 6.29 Å². The molecule has 0 spiro atoms. The third-order valence-corrected chi connectivity index (χ3v) is 4.29. The minimum absolute atomic E-state index is 0. The van der Waals surface area contributed by atoms with Gasteiger partial charge < -0.3 is 25.0 Å². The first-order valence-corrected chi connectivity index (χ1v) is 7.28. The van der Waals surface area contributed by atoms with E-state index in [-0.39, 0.29) is 80.5 Å². The number of hydrogen-bond acceptors (Lipinski definition) is 5. The van der Waals surface area contributed by atoms with Gasteiger partial charge in [-0.15, -0.1) is 11.6 Å². The Hall–Kier alpha value is -0.478. The molecule has 1 unspecified atom stereocenters. The first-order valence-electron chi connectivity index (χ1n) is 7.28. The topological polar surface area (TPSA) is 56.8 Å². The van der Waals surface area contributed by atoms with E-state index in [1.165, 1.54) is 11.3 Å². The van der Waals surface area contributed by atoms with Gasteiger partial charge in [-0.05, 0) is 17.7 Å². The molecule has 3 rings (SSSR count). The Bertz CT molecular complexity index is 704. The van der Waals surface area contributed by atoms with Crippen molar-refractivity contribution in [2.45, 2.75) is 6.17 Å². The van der Waals surface area contributed by atoms with Crippen molar-refractivity contribution >= 4 is 23.3 Å². The maximum absolute atomic E-state index is 10.9. The summed E-state index contributed by atoms with van der Waals surface area (Å²) in [5.41, 5.74) is 5.18. The quantitative estimate of drug-likeness (QED) is 0.605. The molecule has 0 saturated carbocycles. The molecule has 0 aromatic heterocycles. The Kier molecular flexibility index (Phi) is 7.87. The van der Waals surface area contributed by atoms with Crippen molar-refractivity contribution in [1.82, 2.24) is 0 Å². The molecule has 0 radical (unpaired) electrons. The molecule has 6 heteroatoms. The molecule has 0 saturated heterocycles. The van der Waals surface area contributed by atoms with Crippen LogP contribution < -0.4 is 83.6 Å². The van der Waals surface area contributed by atoms with Crippen LogP contribution in [0.25, 0.3) is 0 Å². The van der Waals surface area contributed by atoms with Crippen LogP contribution in [-0.2, 0) is 4.79 Å². The van der Waals surface area contributed by atoms with Crippen LogP contribution in [0.2, 0.25) is 0 Å². The average molecular weight is 444 g/mol. The number of rotatable bonds is 3. The monoisotopic (exact) mass is 444 g/mol. The van der Waals surface area contributed by atoms with Crippen molar-refractivity contribution in [3.63, 3.8) is 0 Å². The van der Waals surface area contributed by atoms with Gasteiger partial charge in [0, 0.05) is 45.3 Å². The summed E-state index contributed by atoms with van der Waals surface area (Å²) in [5.74, 6) is 0. The number of fused-ring (bicyclic) bond motifs is 1. The van der Waals surface area contributed by atoms with Crippen molar-refractivity contribution in [1.29, 1.82) is 0 Å². The van der Waals surface area contributed by atoms with Crippen molar-refractivity contribution in [2.75, 3.05) is 42.9 Å². The van der Waals surface area contributed by atoms with E-state index >= 15 is 0 Å². The van der Waals surface area contributed by atoms with Gasteiger partial charge in [-0.25, -0.2) is 0 Å². The molecule has 2 aromatic rings. The number of anilines is 3. The third-order valence-electron chi connectivity index (χ3n) is 4.29. The second kappa shape index (κ2) is 8.75. The van der Waals surface area contributed by atoms with Crippen molar-refractivity contribution in [2.24, 2.45) is 0 Å². The second-order valence-corrected chi connectivity index (χ2v) is 5.89. The summed E-state index contributed by atoms with van der Waals surface area (Å²) < 4.78 is 0. The summed E-state index contributed by atoms with van der Waals surface area (Å²) in [6.45, 7) is 0. The molecule has 1 aliphatic heterocycles. The van der Waals surface area contributed by atoms with Crippen molar-refractivity contribution in [3.05, 3.63) is 53.6 Å². The summed E-state index contributed by atoms with van der Waals surface area (Å²) in [6.07, 6.45) is 2.10. The molecule has 1 heterocycles. The fourth-order valence-electron chi connectivity index (χ4n) is 3.08. The zero-order valence-corrected chi connectivity index (χ0v) is 21.1. The van der Waals surface area contributed by atoms with E-state index < -0.39 is 0 Å². The molecular weight excluding hydrogens is 423 g/mol. The fourth-order valence-corrected chi connectivity index (χ4v) is 3.08. The molecule has 0 fully saturated rings. The van der Waals surface area contributed by atoms with Crippen LogP contribution in [0.15, 0.2) is 42.5 Å². The minimum Gasteiger partial charge on any atom is -0.870 e. The maximum Gasteiger partial charge on any atom is 1.00 e. The first kappa shape index (κ1) is 21.6. The summed E-state index contributed by atoms with van der Waals surface area (Å²) in [4.78, 5) is 17.4. The van der Waals surface area contributed by atoms with Gasteiger partial charge in [0.15, 0.2) is 0 Å². The number of benzene rings is 2. The van der Waals surface area contributed by atoms with E-state index in [2.05, 4.69) is 53.1 Å². The number of nitrogens with zero attached hydrogens (tertiary/aromatic N) is 3. The van der Waals surface area contributed by atoms with Crippen LogP contribution in [0.1, 0.15) is 17.3 Å². The Balaban J connectivity index is 0.00000144. The summed E-state index contributed by atoms with van der Waals surface area (Å²) in [7, 11) is 8.21. The van der Waals surface area contributed by atoms with Crippen molar-refractivity contribution < 1.29 is 79.2 Å². The van der Waals surface area contributed by atoms with E-state index in [9.17, 15) is 4.79 Å². The van der Waals surface area contributed by atoms with Gasteiger partial charge in [0.25, 0.3) is 0 Å². The predicted molar refractivity (Wildman–Crippen MR) is 93.5 cm³/mol. The Labute approximate surface area is 202 Å². The van der Waals surface area contributed by atoms with Crippen LogP contribution in [-0.4, -0.2) is 40.0 Å². The van der Waals surface area contributed by atoms with Crippen LogP contribution in [0, 0.1) is 0 Å². The zero-order valence-electron chi connectivity index (χ0n) is 14.8. The number of carbonyl (C=O) groups excluding carboxylic acids is 1. The summed E-state index contributed by atoms with van der Waals surface area (Å²) in [6, 6.07) is 14.3. The first-order chi connectivity index (χ1) is 10.5. The molecule has 1 N–H and O–H groups in total. The SMILES string of the molecule is CN(C)c1ccc(C2N(C)c3ccc([C-]=O)cc3N2C)cc1.[Cs+].[OH-]. The predicted octanol–water partition coefficient (Wildman–Crippen LogP) is -0.378. The normalized spacial score (nSPS) is 15.2. The molecule has 0 aliphatic carbocycles. The van der Waals surface area contributed by atoms with E-state index in [1.54, 1.807) is 0 Å². The largest absolute Gasteiger partial charge is 1.00 e. The van der Waals surface area contributed by atoms with E-state index in [0.29, 0.717) is 5.56 Å². The Morgan fingerprint density at radius 2 is 1.54 bits per heavy atom. The van der Waals surface area contributed by atoms with E-state index in [0.717, 1.165) is 11.4 Å². The standard InChI is InChI=1S/C18H20N3O.Cs.H2O/c1-19(2)15-8-6-14(7-9-15)18-20(3)16-10-5-13(12-22)11-17(16)21(18)4;;/h5-11,18H,1-4H3;;1H2/q-1;+1;/p-1. The summed E-state index contributed by atoms with van der Waals surface area (Å²) >= 11 is 0. The van der Waals surface area contributed by atoms with Crippen molar-refractivity contribution in [3.8, 4) is 0 Å². The van der Waals surface area contributed by atoms with Crippen LogP contribution in [0.3, 0.4) is 0 Å². The molecule has 5 nitrogen and oxygen atoms in total. The third kappa shape index (κ3) is 3.85. The Morgan fingerprint density at radius 1 is 0.958 bits per heavy atom. The Morgan fingerprint density at radius 3 is 2.08 bits per heavy atom. The molecule has 2 aromatic carbocycles. The second-order valence-electron chi connectivity index (χ2n) is 5.89. The van der Waals surface area contributed by atoms with Crippen LogP contribution in [0.4, 0.5) is 17.1 Å². The minimum atomic E-state index is 0. The molecule has 0 amide bonds. The molecular formula is C18H21CsN3O2-. The van der Waals surface area contributed by atoms with Gasteiger partial charge in [-0.3, -0.25) is 0 Å². The van der Waals surface area contributed by atoms with Gasteiger partial charge in [-0.2, -0.15) is 6.07 Å². The van der Waals surface area contributed by atoms with Gasteiger partial charge in [0.1, 0.15) is 6.17 Å². The van der Waals surface area contributed by atoms with Gasteiger partial charge in [0.2, 0.25) is 0 Å².